The number of likely N-dealkylation sites (tertiary alicyclic amines) is 1. The molecule has 2 aliphatic heterocycles. The highest BCUT2D eigenvalue weighted by atomic mass is 16.6. The third-order valence-electron chi connectivity index (χ3n) is 3.42. The van der Waals surface area contributed by atoms with Crippen molar-refractivity contribution in [2.45, 2.75) is 19.3 Å². The van der Waals surface area contributed by atoms with E-state index >= 15 is 0 Å². The van der Waals surface area contributed by atoms with Crippen molar-refractivity contribution in [1.29, 1.82) is 0 Å². The van der Waals surface area contributed by atoms with Crippen LogP contribution in [0.15, 0.2) is 12.7 Å². The fraction of sp³-hybridized carbons (Fsp3) is 0.667. The summed E-state index contributed by atoms with van der Waals surface area (Å²) in [4.78, 5) is 24.7. The number of carbonyl (C=O) groups excluding carboxylic acids is 2. The molecule has 0 aromatic heterocycles. The van der Waals surface area contributed by atoms with E-state index in [-0.39, 0.29) is 17.9 Å². The lowest BCUT2D eigenvalue weighted by atomic mass is 9.79. The lowest BCUT2D eigenvalue weighted by molar-refractivity contribution is -0.126. The summed E-state index contributed by atoms with van der Waals surface area (Å²) in [6, 6.07) is 0. The minimum absolute atomic E-state index is 0.0808. The highest BCUT2D eigenvalue weighted by Gasteiger charge is 2.46. The molecule has 0 aromatic rings. The lowest BCUT2D eigenvalue weighted by Gasteiger charge is -2.31. The summed E-state index contributed by atoms with van der Waals surface area (Å²) < 4.78 is 10.2. The number of ether oxygens (including phenoxy) is 2. The molecule has 0 saturated carbocycles. The summed E-state index contributed by atoms with van der Waals surface area (Å²) in [7, 11) is 0. The van der Waals surface area contributed by atoms with Crippen LogP contribution in [0.3, 0.4) is 0 Å². The van der Waals surface area contributed by atoms with Crippen LogP contribution in [0.5, 0.6) is 0 Å². The van der Waals surface area contributed by atoms with Gasteiger partial charge in [-0.05, 0) is 12.8 Å². The molecular weight excluding hydrogens is 222 g/mol. The second-order valence-electron chi connectivity index (χ2n) is 4.63. The van der Waals surface area contributed by atoms with Crippen molar-refractivity contribution in [3.63, 3.8) is 0 Å². The zero-order chi connectivity index (χ0) is 12.3. The van der Waals surface area contributed by atoms with E-state index in [0.717, 1.165) is 12.8 Å². The van der Waals surface area contributed by atoms with Crippen molar-refractivity contribution >= 4 is 12.0 Å². The summed E-state index contributed by atoms with van der Waals surface area (Å²) >= 11 is 0. The average molecular weight is 239 g/mol. The van der Waals surface area contributed by atoms with E-state index in [9.17, 15) is 9.59 Å². The first-order valence-electron chi connectivity index (χ1n) is 5.83. The Morgan fingerprint density at radius 1 is 1.53 bits per heavy atom. The average Bonchev–Trinajstić information content (AvgIpc) is 2.64. The Bertz CT molecular complexity index is 333. The van der Waals surface area contributed by atoms with Gasteiger partial charge in [-0.1, -0.05) is 12.7 Å². The third kappa shape index (κ3) is 2.49. The van der Waals surface area contributed by atoms with E-state index < -0.39 is 6.09 Å². The standard InChI is InChI=1S/C12H17NO4/c1-2-5-17-11(15)13-9-12(8-10(13)14)3-6-16-7-4-12/h2H,1,3-9H2. The quantitative estimate of drug-likeness (QED) is 0.682. The van der Waals surface area contributed by atoms with Gasteiger partial charge in [0.15, 0.2) is 0 Å². The summed E-state index contributed by atoms with van der Waals surface area (Å²) in [6.07, 6.45) is 3.04. The van der Waals surface area contributed by atoms with Gasteiger partial charge in [0.05, 0.1) is 0 Å². The zero-order valence-electron chi connectivity index (χ0n) is 9.81. The predicted octanol–water partition coefficient (Wildman–Crippen LogP) is 1.34. The molecule has 0 N–H and O–H groups in total. The van der Waals surface area contributed by atoms with Crippen LogP contribution < -0.4 is 0 Å². The van der Waals surface area contributed by atoms with Crippen molar-refractivity contribution in [2.75, 3.05) is 26.4 Å². The SMILES string of the molecule is C=CCOC(=O)N1CC2(CCOCC2)CC1=O. The van der Waals surface area contributed by atoms with Crippen molar-refractivity contribution in [2.24, 2.45) is 5.41 Å². The molecule has 2 fully saturated rings. The van der Waals surface area contributed by atoms with E-state index in [1.165, 1.54) is 11.0 Å². The number of nitrogens with zero attached hydrogens (tertiary/aromatic N) is 1. The third-order valence-corrected chi connectivity index (χ3v) is 3.42. The molecule has 1 spiro atoms. The maximum Gasteiger partial charge on any atom is 0.416 e. The zero-order valence-corrected chi connectivity index (χ0v) is 9.81. The number of hydrogen-bond acceptors (Lipinski definition) is 4. The second-order valence-corrected chi connectivity index (χ2v) is 4.63. The molecule has 0 aliphatic carbocycles. The summed E-state index contributed by atoms with van der Waals surface area (Å²) in [5.74, 6) is -0.138. The van der Waals surface area contributed by atoms with Gasteiger partial charge < -0.3 is 9.47 Å². The van der Waals surface area contributed by atoms with E-state index in [1.54, 1.807) is 0 Å². The molecule has 2 amide bonds. The Hall–Kier alpha value is -1.36. The number of hydrogen-bond donors (Lipinski definition) is 0. The number of rotatable bonds is 2. The smallest absolute Gasteiger partial charge is 0.416 e. The Morgan fingerprint density at radius 3 is 2.88 bits per heavy atom. The van der Waals surface area contributed by atoms with Gasteiger partial charge in [-0.3, -0.25) is 4.79 Å². The van der Waals surface area contributed by atoms with Crippen LogP contribution in [-0.2, 0) is 14.3 Å². The van der Waals surface area contributed by atoms with Gasteiger partial charge in [-0.25, -0.2) is 9.69 Å². The van der Waals surface area contributed by atoms with E-state index in [2.05, 4.69) is 6.58 Å². The van der Waals surface area contributed by atoms with Crippen molar-refractivity contribution in [3.05, 3.63) is 12.7 Å². The fourth-order valence-corrected chi connectivity index (χ4v) is 2.41. The topological polar surface area (TPSA) is 55.8 Å². The van der Waals surface area contributed by atoms with Gasteiger partial charge in [0.2, 0.25) is 5.91 Å². The van der Waals surface area contributed by atoms with Gasteiger partial charge >= 0.3 is 6.09 Å². The molecule has 94 valence electrons. The Balaban J connectivity index is 1.98. The summed E-state index contributed by atoms with van der Waals surface area (Å²) in [5, 5.41) is 0. The number of carbonyl (C=O) groups is 2. The minimum atomic E-state index is -0.557. The van der Waals surface area contributed by atoms with Crippen LogP contribution in [0.25, 0.3) is 0 Å². The van der Waals surface area contributed by atoms with Crippen LogP contribution in [-0.4, -0.2) is 43.3 Å². The highest BCUT2D eigenvalue weighted by Crippen LogP contribution is 2.40. The molecule has 2 rings (SSSR count). The molecule has 5 heteroatoms. The Morgan fingerprint density at radius 2 is 2.24 bits per heavy atom. The van der Waals surface area contributed by atoms with E-state index in [0.29, 0.717) is 26.2 Å². The van der Waals surface area contributed by atoms with Gasteiger partial charge in [0.1, 0.15) is 6.61 Å². The molecule has 2 saturated heterocycles. The molecule has 0 bridgehead atoms. The monoisotopic (exact) mass is 239 g/mol. The van der Waals surface area contributed by atoms with Crippen LogP contribution in [0.4, 0.5) is 4.79 Å². The van der Waals surface area contributed by atoms with Crippen molar-refractivity contribution < 1.29 is 19.1 Å². The van der Waals surface area contributed by atoms with E-state index in [4.69, 9.17) is 9.47 Å². The highest BCUT2D eigenvalue weighted by molar-refractivity contribution is 5.94. The van der Waals surface area contributed by atoms with Crippen LogP contribution >= 0.6 is 0 Å². The minimum Gasteiger partial charge on any atom is -0.445 e. The normalized spacial score (nSPS) is 22.8. The van der Waals surface area contributed by atoms with E-state index in [1.807, 2.05) is 0 Å². The van der Waals surface area contributed by atoms with Crippen molar-refractivity contribution in [3.8, 4) is 0 Å². The first kappa shape index (κ1) is 12.1. The Kier molecular flexibility index (Phi) is 3.47. The molecule has 0 unspecified atom stereocenters. The fourth-order valence-electron chi connectivity index (χ4n) is 2.41. The molecule has 17 heavy (non-hydrogen) atoms. The summed E-state index contributed by atoms with van der Waals surface area (Å²) in [6.45, 7) is 5.40. The van der Waals surface area contributed by atoms with Gasteiger partial charge in [-0.15, -0.1) is 0 Å². The Labute approximate surface area is 100 Å². The predicted molar refractivity (Wildman–Crippen MR) is 60.4 cm³/mol. The molecule has 2 heterocycles. The second kappa shape index (κ2) is 4.87. The molecule has 0 aromatic carbocycles. The van der Waals surface area contributed by atoms with Crippen LogP contribution in [0.1, 0.15) is 19.3 Å². The first-order valence-corrected chi connectivity index (χ1v) is 5.83. The maximum absolute atomic E-state index is 11.8. The first-order chi connectivity index (χ1) is 8.17. The van der Waals surface area contributed by atoms with Gasteiger partial charge in [-0.2, -0.15) is 0 Å². The van der Waals surface area contributed by atoms with Gasteiger partial charge in [0, 0.05) is 31.6 Å². The van der Waals surface area contributed by atoms with Crippen LogP contribution in [0, 0.1) is 5.41 Å². The molecule has 0 atom stereocenters. The molecular formula is C12H17NO4. The molecule has 0 radical (unpaired) electrons. The number of amides is 2. The lowest BCUT2D eigenvalue weighted by Crippen LogP contribution is -2.36. The van der Waals surface area contributed by atoms with Gasteiger partial charge in [0.25, 0.3) is 0 Å². The van der Waals surface area contributed by atoms with Crippen molar-refractivity contribution in [1.82, 2.24) is 4.90 Å². The molecule has 5 nitrogen and oxygen atoms in total. The van der Waals surface area contributed by atoms with Crippen LogP contribution in [0.2, 0.25) is 0 Å². The molecule has 2 aliphatic rings. The largest absolute Gasteiger partial charge is 0.445 e. The number of imide groups is 1. The summed E-state index contributed by atoms with van der Waals surface area (Å²) in [5.41, 5.74) is -0.0808. The maximum atomic E-state index is 11.8.